The van der Waals surface area contributed by atoms with Crippen LogP contribution in [0.15, 0.2) is 30.6 Å². The van der Waals surface area contributed by atoms with Crippen LogP contribution in [0.5, 0.6) is 0 Å². The van der Waals surface area contributed by atoms with Crippen molar-refractivity contribution >= 4 is 22.9 Å². The van der Waals surface area contributed by atoms with E-state index in [1.165, 1.54) is 4.88 Å². The van der Waals surface area contributed by atoms with Gasteiger partial charge in [0.05, 0.1) is 17.0 Å². The van der Waals surface area contributed by atoms with Crippen LogP contribution < -0.4 is 0 Å². The smallest absolute Gasteiger partial charge is 0.0931 e. The maximum Gasteiger partial charge on any atom is 0.0931 e. The van der Waals surface area contributed by atoms with Crippen LogP contribution in [0.4, 0.5) is 0 Å². The molecule has 0 saturated heterocycles. The lowest BCUT2D eigenvalue weighted by Gasteiger charge is -2.00. The molecule has 0 aliphatic carbocycles. The topological polar surface area (TPSA) is 25.2 Å². The monoisotopic (exact) mass is 241 g/mol. The Balaban J connectivity index is 2.11. The van der Waals surface area contributed by atoms with Crippen LogP contribution >= 0.6 is 22.9 Å². The summed E-state index contributed by atoms with van der Waals surface area (Å²) in [4.78, 5) is 1.22. The van der Waals surface area contributed by atoms with Crippen LogP contribution in [-0.2, 0) is 6.54 Å². The Morgan fingerprint density at radius 2 is 2.27 bits per heavy atom. The molecule has 80 valence electrons. The van der Waals surface area contributed by atoms with Crippen LogP contribution in [0.2, 0.25) is 4.34 Å². The maximum absolute atomic E-state index is 9.38. The minimum atomic E-state index is -0.404. The molecule has 2 aromatic heterocycles. The van der Waals surface area contributed by atoms with Crippen LogP contribution in [-0.4, -0.2) is 9.67 Å². The molecular weight excluding hydrogens is 230 g/mol. The van der Waals surface area contributed by atoms with Crippen molar-refractivity contribution < 1.29 is 5.11 Å². The number of hydrogen-bond acceptors (Lipinski definition) is 2. The molecule has 0 spiro atoms. The Bertz CT molecular complexity index is 447. The highest BCUT2D eigenvalue weighted by Gasteiger charge is 2.04. The highest BCUT2D eigenvalue weighted by molar-refractivity contribution is 7.16. The molecule has 0 aliphatic heterocycles. The van der Waals surface area contributed by atoms with Crippen LogP contribution in [0.3, 0.4) is 0 Å². The van der Waals surface area contributed by atoms with Gasteiger partial charge in [0.15, 0.2) is 0 Å². The lowest BCUT2D eigenvalue weighted by Crippen LogP contribution is -1.94. The van der Waals surface area contributed by atoms with E-state index in [-0.39, 0.29) is 0 Å². The molecule has 2 rings (SSSR count). The Kier molecular flexibility index (Phi) is 3.14. The number of aromatic nitrogens is 1. The molecule has 0 aromatic carbocycles. The summed E-state index contributed by atoms with van der Waals surface area (Å²) in [5.41, 5.74) is 0.942. The first-order valence-electron chi connectivity index (χ1n) is 4.73. The van der Waals surface area contributed by atoms with E-state index in [9.17, 15) is 5.11 Å². The second-order valence-corrected chi connectivity index (χ2v) is 5.30. The summed E-state index contributed by atoms with van der Waals surface area (Å²) >= 11 is 7.43. The molecule has 0 aliphatic rings. The van der Waals surface area contributed by atoms with Crippen LogP contribution in [0.1, 0.15) is 23.5 Å². The second-order valence-electron chi connectivity index (χ2n) is 3.50. The van der Waals surface area contributed by atoms with Crippen molar-refractivity contribution in [1.82, 2.24) is 4.57 Å². The first-order chi connectivity index (χ1) is 7.15. The van der Waals surface area contributed by atoms with Crippen molar-refractivity contribution in [1.29, 1.82) is 0 Å². The summed E-state index contributed by atoms with van der Waals surface area (Å²) < 4.78 is 2.86. The Hall–Kier alpha value is -0.770. The minimum Gasteiger partial charge on any atom is -0.389 e. The van der Waals surface area contributed by atoms with Gasteiger partial charge in [-0.1, -0.05) is 11.6 Å². The summed E-state index contributed by atoms with van der Waals surface area (Å²) in [6.45, 7) is 2.58. The van der Waals surface area contributed by atoms with Crippen molar-refractivity contribution in [2.75, 3.05) is 0 Å². The van der Waals surface area contributed by atoms with Crippen molar-refractivity contribution in [3.63, 3.8) is 0 Å². The maximum atomic E-state index is 9.38. The van der Waals surface area contributed by atoms with E-state index in [4.69, 9.17) is 11.6 Å². The normalized spacial score (nSPS) is 13.0. The van der Waals surface area contributed by atoms with E-state index in [1.807, 2.05) is 35.2 Å². The first-order valence-corrected chi connectivity index (χ1v) is 5.92. The third-order valence-electron chi connectivity index (χ3n) is 2.22. The molecule has 1 unspecified atom stereocenters. The third-order valence-corrected chi connectivity index (χ3v) is 3.44. The zero-order chi connectivity index (χ0) is 10.8. The highest BCUT2D eigenvalue weighted by Crippen LogP contribution is 2.22. The van der Waals surface area contributed by atoms with E-state index in [0.717, 1.165) is 16.4 Å². The summed E-state index contributed by atoms with van der Waals surface area (Å²) in [5.74, 6) is 0. The largest absolute Gasteiger partial charge is 0.389 e. The molecule has 0 amide bonds. The van der Waals surface area contributed by atoms with E-state index in [1.54, 1.807) is 18.3 Å². The lowest BCUT2D eigenvalue weighted by molar-refractivity contribution is 0.199. The molecule has 0 radical (unpaired) electrons. The van der Waals surface area contributed by atoms with Crippen molar-refractivity contribution in [2.45, 2.75) is 19.6 Å². The number of aliphatic hydroxyl groups excluding tert-OH is 1. The lowest BCUT2D eigenvalue weighted by atomic mass is 10.2. The fraction of sp³-hybridized carbons (Fsp3) is 0.273. The number of aliphatic hydroxyl groups is 1. The fourth-order valence-electron chi connectivity index (χ4n) is 1.42. The summed E-state index contributed by atoms with van der Waals surface area (Å²) in [6.07, 6.45) is 3.52. The first kappa shape index (κ1) is 10.7. The Morgan fingerprint density at radius 1 is 1.47 bits per heavy atom. The van der Waals surface area contributed by atoms with Crippen molar-refractivity contribution in [2.24, 2.45) is 0 Å². The number of rotatable bonds is 3. The van der Waals surface area contributed by atoms with Gasteiger partial charge in [0, 0.05) is 17.3 Å². The molecular formula is C11H12ClNOS. The zero-order valence-corrected chi connectivity index (χ0v) is 9.92. The molecule has 15 heavy (non-hydrogen) atoms. The minimum absolute atomic E-state index is 0.404. The van der Waals surface area contributed by atoms with Crippen LogP contribution in [0.25, 0.3) is 0 Å². The van der Waals surface area contributed by atoms with Crippen molar-refractivity contribution in [3.8, 4) is 0 Å². The van der Waals surface area contributed by atoms with Gasteiger partial charge in [0.25, 0.3) is 0 Å². The van der Waals surface area contributed by atoms with Gasteiger partial charge in [-0.05, 0) is 30.7 Å². The third kappa shape index (κ3) is 2.62. The van der Waals surface area contributed by atoms with Gasteiger partial charge in [0.2, 0.25) is 0 Å². The van der Waals surface area contributed by atoms with Gasteiger partial charge in [-0.3, -0.25) is 0 Å². The Morgan fingerprint density at radius 3 is 2.80 bits per heavy atom. The van der Waals surface area contributed by atoms with E-state index >= 15 is 0 Å². The molecule has 0 saturated carbocycles. The molecule has 0 bridgehead atoms. The molecule has 1 N–H and O–H groups in total. The molecule has 2 aromatic rings. The van der Waals surface area contributed by atoms with Gasteiger partial charge >= 0.3 is 0 Å². The number of thiophene rings is 1. The van der Waals surface area contributed by atoms with Crippen LogP contribution in [0, 0.1) is 0 Å². The highest BCUT2D eigenvalue weighted by atomic mass is 35.5. The second kappa shape index (κ2) is 4.39. The van der Waals surface area contributed by atoms with E-state index in [0.29, 0.717) is 0 Å². The number of hydrogen-bond donors (Lipinski definition) is 1. The summed E-state index contributed by atoms with van der Waals surface area (Å²) in [5, 5.41) is 9.38. The predicted octanol–water partition coefficient (Wildman–Crippen LogP) is 3.30. The number of halogens is 1. The molecule has 4 heteroatoms. The SMILES string of the molecule is CC(O)c1ccn(Cc2ccc(Cl)s2)c1. The molecule has 1 atom stereocenters. The molecule has 0 fully saturated rings. The average Bonchev–Trinajstić information content (AvgIpc) is 2.76. The average molecular weight is 242 g/mol. The van der Waals surface area contributed by atoms with E-state index in [2.05, 4.69) is 0 Å². The van der Waals surface area contributed by atoms with E-state index < -0.39 is 6.10 Å². The number of nitrogens with zero attached hydrogens (tertiary/aromatic N) is 1. The van der Waals surface area contributed by atoms with Gasteiger partial charge in [-0.2, -0.15) is 0 Å². The van der Waals surface area contributed by atoms with Gasteiger partial charge in [-0.25, -0.2) is 0 Å². The van der Waals surface area contributed by atoms with Crippen molar-refractivity contribution in [3.05, 3.63) is 45.4 Å². The van der Waals surface area contributed by atoms with Gasteiger partial charge < -0.3 is 9.67 Å². The quantitative estimate of drug-likeness (QED) is 0.877. The molecule has 2 heterocycles. The molecule has 2 nitrogen and oxygen atoms in total. The van der Waals surface area contributed by atoms with Gasteiger partial charge in [0.1, 0.15) is 0 Å². The predicted molar refractivity (Wildman–Crippen MR) is 63.5 cm³/mol. The Labute approximate surface area is 97.7 Å². The summed E-state index contributed by atoms with van der Waals surface area (Å²) in [6, 6.07) is 5.86. The zero-order valence-electron chi connectivity index (χ0n) is 8.35. The van der Waals surface area contributed by atoms with Gasteiger partial charge in [-0.15, -0.1) is 11.3 Å². The standard InChI is InChI=1S/C11H12ClNOS/c1-8(14)9-4-5-13(6-9)7-10-2-3-11(12)15-10/h2-6,8,14H,7H2,1H3. The fourth-order valence-corrected chi connectivity index (χ4v) is 2.52. The summed E-state index contributed by atoms with van der Waals surface area (Å²) in [7, 11) is 0.